The van der Waals surface area contributed by atoms with Crippen molar-refractivity contribution >= 4 is 17.6 Å². The van der Waals surface area contributed by atoms with Crippen molar-refractivity contribution in [3.05, 3.63) is 29.8 Å². The zero-order chi connectivity index (χ0) is 18.0. The molecule has 0 atom stereocenters. The largest absolute Gasteiger partial charge is 0.416 e. The van der Waals surface area contributed by atoms with Crippen molar-refractivity contribution in [2.24, 2.45) is 21.5 Å². The van der Waals surface area contributed by atoms with Crippen molar-refractivity contribution in [2.45, 2.75) is 24.9 Å². The van der Waals surface area contributed by atoms with E-state index in [2.05, 4.69) is 9.98 Å². The van der Waals surface area contributed by atoms with Crippen molar-refractivity contribution in [1.82, 2.24) is 4.90 Å². The Morgan fingerprint density at radius 1 is 1.04 bits per heavy atom. The summed E-state index contributed by atoms with van der Waals surface area (Å²) in [7, 11) is 0. The number of likely N-dealkylation sites (tertiary alicyclic amines) is 1. The van der Waals surface area contributed by atoms with E-state index in [9.17, 15) is 22.0 Å². The van der Waals surface area contributed by atoms with Gasteiger partial charge >= 0.3 is 6.18 Å². The van der Waals surface area contributed by atoms with E-state index in [1.54, 1.807) is 0 Å². The van der Waals surface area contributed by atoms with Gasteiger partial charge in [-0.25, -0.2) is 13.8 Å². The molecule has 1 aliphatic rings. The van der Waals surface area contributed by atoms with E-state index in [0.717, 1.165) is 24.3 Å². The smallest absolute Gasteiger partial charge is 0.369 e. The molecule has 0 aromatic heterocycles. The second kappa shape index (κ2) is 6.62. The van der Waals surface area contributed by atoms with Crippen LogP contribution < -0.4 is 11.5 Å². The molecule has 24 heavy (non-hydrogen) atoms. The number of guanidine groups is 2. The van der Waals surface area contributed by atoms with Gasteiger partial charge in [0.25, 0.3) is 5.92 Å². The molecule has 0 radical (unpaired) electrons. The lowest BCUT2D eigenvalue weighted by Crippen LogP contribution is -2.46. The number of hydrogen-bond donors (Lipinski definition) is 2. The lowest BCUT2D eigenvalue weighted by molar-refractivity contribution is -0.137. The minimum atomic E-state index is -4.44. The predicted molar refractivity (Wildman–Crippen MR) is 80.1 cm³/mol. The first-order chi connectivity index (χ1) is 11.1. The van der Waals surface area contributed by atoms with Crippen LogP contribution in [-0.2, 0) is 6.18 Å². The number of nitrogens with two attached hydrogens (primary N) is 2. The Hall–Kier alpha value is -2.39. The fourth-order valence-electron chi connectivity index (χ4n) is 2.13. The Balaban J connectivity index is 2.05. The van der Waals surface area contributed by atoms with Crippen LogP contribution in [-0.4, -0.2) is 35.8 Å². The maximum atomic E-state index is 13.1. The molecule has 0 spiro atoms. The standard InChI is InChI=1S/C14H16F5N5/c15-13(16)5-7-24(8-6-13)12(21)23-11(20)22-10-3-1-9(2-4-10)14(17,18)19/h1-4H,5-8H2,(H4,20,21,22,23). The first-order valence-electron chi connectivity index (χ1n) is 7.05. The van der Waals surface area contributed by atoms with Crippen LogP contribution in [0.15, 0.2) is 34.3 Å². The number of rotatable bonds is 1. The Morgan fingerprint density at radius 2 is 1.58 bits per heavy atom. The number of hydrogen-bond acceptors (Lipinski definition) is 1. The third-order valence-electron chi connectivity index (χ3n) is 3.49. The SMILES string of the molecule is NC(=Nc1ccc(C(F)(F)F)cc1)N=C(N)N1CCC(F)(F)CC1. The van der Waals surface area contributed by atoms with Gasteiger partial charge in [0, 0.05) is 25.9 Å². The zero-order valence-corrected chi connectivity index (χ0v) is 12.5. The van der Waals surface area contributed by atoms with Gasteiger partial charge in [0.1, 0.15) is 0 Å². The Bertz CT molecular complexity index is 626. The van der Waals surface area contributed by atoms with Crippen molar-refractivity contribution in [1.29, 1.82) is 0 Å². The molecule has 2 rings (SSSR count). The average Bonchev–Trinajstić information content (AvgIpc) is 2.46. The molecule has 0 saturated carbocycles. The second-order valence-electron chi connectivity index (χ2n) is 5.33. The quantitative estimate of drug-likeness (QED) is 0.465. The molecule has 0 amide bonds. The predicted octanol–water partition coefficient (Wildman–Crippen LogP) is 2.70. The van der Waals surface area contributed by atoms with Gasteiger partial charge < -0.3 is 16.4 Å². The van der Waals surface area contributed by atoms with Gasteiger partial charge in [0.05, 0.1) is 11.3 Å². The molecule has 10 heteroatoms. The van der Waals surface area contributed by atoms with Crippen LogP contribution in [0, 0.1) is 0 Å². The van der Waals surface area contributed by atoms with Crippen LogP contribution >= 0.6 is 0 Å². The average molecular weight is 349 g/mol. The van der Waals surface area contributed by atoms with Crippen molar-refractivity contribution < 1.29 is 22.0 Å². The molecule has 1 saturated heterocycles. The van der Waals surface area contributed by atoms with E-state index in [0.29, 0.717) is 0 Å². The zero-order valence-electron chi connectivity index (χ0n) is 12.5. The summed E-state index contributed by atoms with van der Waals surface area (Å²) in [5.74, 6) is -3.04. The molecule has 4 N–H and O–H groups in total. The number of halogens is 5. The summed E-state index contributed by atoms with van der Waals surface area (Å²) in [6, 6.07) is 4.02. The topological polar surface area (TPSA) is 80.0 Å². The van der Waals surface area contributed by atoms with Crippen LogP contribution in [0.5, 0.6) is 0 Å². The summed E-state index contributed by atoms with van der Waals surface area (Å²) in [6.45, 7) is 0.0752. The van der Waals surface area contributed by atoms with Crippen LogP contribution in [0.4, 0.5) is 27.6 Å². The third kappa shape index (κ3) is 4.80. The fraction of sp³-hybridized carbons (Fsp3) is 0.429. The summed E-state index contributed by atoms with van der Waals surface area (Å²) in [6.07, 6.45) is -5.11. The Labute approximate surface area is 134 Å². The molecule has 1 aromatic rings. The van der Waals surface area contributed by atoms with Crippen LogP contribution in [0.3, 0.4) is 0 Å². The lowest BCUT2D eigenvalue weighted by Gasteiger charge is -2.32. The number of alkyl halides is 5. The monoisotopic (exact) mass is 349 g/mol. The molecule has 0 bridgehead atoms. The molecule has 1 heterocycles. The second-order valence-corrected chi connectivity index (χ2v) is 5.33. The highest BCUT2D eigenvalue weighted by molar-refractivity contribution is 5.94. The van der Waals surface area contributed by atoms with Gasteiger partial charge in [0.2, 0.25) is 5.96 Å². The van der Waals surface area contributed by atoms with Crippen molar-refractivity contribution in [3.63, 3.8) is 0 Å². The maximum Gasteiger partial charge on any atom is 0.416 e. The number of aliphatic imine (C=N–C) groups is 2. The summed E-state index contributed by atoms with van der Waals surface area (Å²) in [5, 5.41) is 0. The van der Waals surface area contributed by atoms with Crippen LogP contribution in [0.25, 0.3) is 0 Å². The van der Waals surface area contributed by atoms with Gasteiger partial charge in [-0.3, -0.25) is 0 Å². The van der Waals surface area contributed by atoms with Crippen molar-refractivity contribution in [2.75, 3.05) is 13.1 Å². The number of benzene rings is 1. The molecular formula is C14H16F5N5. The van der Waals surface area contributed by atoms with E-state index in [4.69, 9.17) is 11.5 Å². The molecule has 0 unspecified atom stereocenters. The van der Waals surface area contributed by atoms with Crippen LogP contribution in [0.2, 0.25) is 0 Å². The van der Waals surface area contributed by atoms with Gasteiger partial charge in [-0.15, -0.1) is 0 Å². The highest BCUT2D eigenvalue weighted by atomic mass is 19.4. The van der Waals surface area contributed by atoms with Gasteiger partial charge in [0.15, 0.2) is 5.96 Å². The Morgan fingerprint density at radius 3 is 2.08 bits per heavy atom. The van der Waals surface area contributed by atoms with E-state index in [1.807, 2.05) is 0 Å². The minimum absolute atomic E-state index is 0.0376. The van der Waals surface area contributed by atoms with Gasteiger partial charge in [-0.2, -0.15) is 18.2 Å². The van der Waals surface area contributed by atoms with Crippen LogP contribution in [0.1, 0.15) is 18.4 Å². The summed E-state index contributed by atoms with van der Waals surface area (Å²) in [4.78, 5) is 9.08. The molecule has 132 valence electrons. The maximum absolute atomic E-state index is 13.1. The number of nitrogens with zero attached hydrogens (tertiary/aromatic N) is 3. The molecule has 0 aliphatic carbocycles. The summed E-state index contributed by atoms with van der Waals surface area (Å²) in [5.41, 5.74) is 10.6. The first kappa shape index (κ1) is 18.0. The van der Waals surface area contributed by atoms with E-state index in [1.165, 1.54) is 4.90 Å². The summed E-state index contributed by atoms with van der Waals surface area (Å²) >= 11 is 0. The lowest BCUT2D eigenvalue weighted by atomic mass is 10.1. The molecule has 5 nitrogen and oxygen atoms in total. The van der Waals surface area contributed by atoms with Gasteiger partial charge in [-0.05, 0) is 24.3 Å². The molecule has 1 aromatic carbocycles. The highest BCUT2D eigenvalue weighted by Crippen LogP contribution is 2.30. The van der Waals surface area contributed by atoms with E-state index < -0.39 is 17.7 Å². The molecular weight excluding hydrogens is 333 g/mol. The fourth-order valence-corrected chi connectivity index (χ4v) is 2.13. The summed E-state index contributed by atoms with van der Waals surface area (Å²) < 4.78 is 63.5. The highest BCUT2D eigenvalue weighted by Gasteiger charge is 2.34. The molecule has 1 aliphatic heterocycles. The Kier molecular flexibility index (Phi) is 4.95. The third-order valence-corrected chi connectivity index (χ3v) is 3.49. The normalized spacial score (nSPS) is 19.5. The van der Waals surface area contributed by atoms with E-state index in [-0.39, 0.29) is 43.5 Å². The number of piperidine rings is 1. The molecule has 1 fully saturated rings. The minimum Gasteiger partial charge on any atom is -0.369 e. The van der Waals surface area contributed by atoms with Gasteiger partial charge in [-0.1, -0.05) is 0 Å². The van der Waals surface area contributed by atoms with E-state index >= 15 is 0 Å². The van der Waals surface area contributed by atoms with Crippen molar-refractivity contribution in [3.8, 4) is 0 Å². The first-order valence-corrected chi connectivity index (χ1v) is 7.05.